The van der Waals surface area contributed by atoms with Gasteiger partial charge in [-0.15, -0.1) is 0 Å². The van der Waals surface area contributed by atoms with E-state index in [1.807, 2.05) is 21.1 Å². The molecule has 174 valence electrons. The number of allylic oxidation sites excluding steroid dienone is 2. The van der Waals surface area contributed by atoms with Crippen LogP contribution in [0.25, 0.3) is 0 Å². The third-order valence-corrected chi connectivity index (χ3v) is 7.85. The molecule has 0 saturated carbocycles. The summed E-state index contributed by atoms with van der Waals surface area (Å²) in [4.78, 5) is 10.4. The van der Waals surface area contributed by atoms with E-state index in [1.165, 1.54) is 70.6 Å². The van der Waals surface area contributed by atoms with Crippen LogP contribution in [0, 0.1) is 0 Å². The van der Waals surface area contributed by atoms with Crippen molar-refractivity contribution >= 4 is 7.60 Å². The Bertz CT molecular complexity index is 446. The minimum Gasteiger partial charge on any atom is -0.320 e. The van der Waals surface area contributed by atoms with Crippen LogP contribution in [0.15, 0.2) is 12.2 Å². The fourth-order valence-electron chi connectivity index (χ4n) is 3.83. The van der Waals surface area contributed by atoms with Gasteiger partial charge in [0.25, 0.3) is 0 Å². The summed E-state index contributed by atoms with van der Waals surface area (Å²) in [7, 11) is 2.35. The molecule has 0 fully saturated rings. The highest BCUT2D eigenvalue weighted by Gasteiger charge is 2.41. The zero-order valence-electron chi connectivity index (χ0n) is 20.2. The molecule has 4 nitrogen and oxygen atoms in total. The second kappa shape index (κ2) is 17.5. The zero-order chi connectivity index (χ0) is 22.0. The SMILES string of the molecule is C/C=C\CCCCCCCCCCCCCCOP(=O)(O)C(CCC)[N+](C)(C)C. The Morgan fingerprint density at radius 3 is 1.72 bits per heavy atom. The van der Waals surface area contributed by atoms with Crippen LogP contribution in [0.1, 0.15) is 110 Å². The summed E-state index contributed by atoms with van der Waals surface area (Å²) in [6.45, 7) is 4.55. The van der Waals surface area contributed by atoms with Gasteiger partial charge in [-0.3, -0.25) is 4.57 Å². The third-order valence-electron chi connectivity index (χ3n) is 5.59. The van der Waals surface area contributed by atoms with E-state index < -0.39 is 7.60 Å². The first-order chi connectivity index (χ1) is 13.8. The monoisotopic (exact) mass is 432 g/mol. The first-order valence-corrected chi connectivity index (χ1v) is 13.8. The van der Waals surface area contributed by atoms with Gasteiger partial charge in [0.1, 0.15) is 0 Å². The van der Waals surface area contributed by atoms with Gasteiger partial charge in [0.05, 0.1) is 27.7 Å². The summed E-state index contributed by atoms with van der Waals surface area (Å²) in [5.74, 6) is -0.333. The Labute approximate surface area is 182 Å². The van der Waals surface area contributed by atoms with Gasteiger partial charge in [-0.1, -0.05) is 83.3 Å². The smallest absolute Gasteiger partial charge is 0.320 e. The Balaban J connectivity index is 3.58. The molecule has 0 aromatic rings. The zero-order valence-corrected chi connectivity index (χ0v) is 21.1. The first kappa shape index (κ1) is 28.9. The molecule has 0 amide bonds. The maximum absolute atomic E-state index is 12.6. The van der Waals surface area contributed by atoms with Crippen molar-refractivity contribution in [1.82, 2.24) is 0 Å². The quantitative estimate of drug-likeness (QED) is 0.0929. The molecule has 0 spiro atoms. The lowest BCUT2D eigenvalue weighted by Gasteiger charge is -2.35. The molecule has 0 rings (SSSR count). The van der Waals surface area contributed by atoms with Crippen molar-refractivity contribution in [3.05, 3.63) is 12.2 Å². The molecule has 0 radical (unpaired) electrons. The van der Waals surface area contributed by atoms with Crippen LogP contribution in [-0.2, 0) is 9.09 Å². The molecule has 2 atom stereocenters. The average Bonchev–Trinajstić information content (AvgIpc) is 2.64. The van der Waals surface area contributed by atoms with Gasteiger partial charge in [-0.25, -0.2) is 0 Å². The summed E-state index contributed by atoms with van der Waals surface area (Å²) >= 11 is 0. The number of rotatable bonds is 20. The minimum atomic E-state index is -3.56. The molecule has 0 aliphatic carbocycles. The van der Waals surface area contributed by atoms with Gasteiger partial charge in [0.15, 0.2) is 5.78 Å². The van der Waals surface area contributed by atoms with E-state index in [9.17, 15) is 9.46 Å². The summed E-state index contributed by atoms with van der Waals surface area (Å²) < 4.78 is 18.6. The number of unbranched alkanes of at least 4 members (excludes halogenated alkanes) is 12. The number of quaternary nitrogens is 1. The van der Waals surface area contributed by atoms with Crippen LogP contribution >= 0.6 is 7.60 Å². The van der Waals surface area contributed by atoms with Gasteiger partial charge >= 0.3 is 7.60 Å². The maximum Gasteiger partial charge on any atom is 0.385 e. The largest absolute Gasteiger partial charge is 0.385 e. The molecule has 0 aliphatic heterocycles. The third kappa shape index (κ3) is 16.2. The molecule has 0 aromatic carbocycles. The van der Waals surface area contributed by atoms with E-state index >= 15 is 0 Å². The van der Waals surface area contributed by atoms with E-state index in [-0.39, 0.29) is 5.78 Å². The summed E-state index contributed by atoms with van der Waals surface area (Å²) in [6.07, 6.45) is 22.6. The summed E-state index contributed by atoms with van der Waals surface area (Å²) in [5.41, 5.74) is 0. The van der Waals surface area contributed by atoms with Crippen LogP contribution in [0.5, 0.6) is 0 Å². The summed E-state index contributed by atoms with van der Waals surface area (Å²) in [6, 6.07) is 0. The number of nitrogens with zero attached hydrogens (tertiary/aromatic N) is 1. The molecule has 0 aromatic heterocycles. The van der Waals surface area contributed by atoms with E-state index in [0.717, 1.165) is 19.3 Å². The van der Waals surface area contributed by atoms with Crippen molar-refractivity contribution in [3.63, 3.8) is 0 Å². The van der Waals surface area contributed by atoms with E-state index in [2.05, 4.69) is 26.0 Å². The van der Waals surface area contributed by atoms with Gasteiger partial charge in [-0.2, -0.15) is 0 Å². The molecule has 29 heavy (non-hydrogen) atoms. The van der Waals surface area contributed by atoms with Crippen molar-refractivity contribution in [2.24, 2.45) is 0 Å². The second-order valence-corrected chi connectivity index (χ2v) is 11.4. The predicted octanol–water partition coefficient (Wildman–Crippen LogP) is 7.67. The fraction of sp³-hybridized carbons (Fsp3) is 0.917. The Hall–Kier alpha value is -0.150. The van der Waals surface area contributed by atoms with Crippen molar-refractivity contribution in [2.75, 3.05) is 27.7 Å². The van der Waals surface area contributed by atoms with Crippen molar-refractivity contribution in [1.29, 1.82) is 0 Å². The van der Waals surface area contributed by atoms with Crippen molar-refractivity contribution < 1.29 is 18.5 Å². The molecular weight excluding hydrogens is 381 g/mol. The lowest BCUT2D eigenvalue weighted by molar-refractivity contribution is -0.883. The Morgan fingerprint density at radius 2 is 1.31 bits per heavy atom. The molecule has 0 bridgehead atoms. The van der Waals surface area contributed by atoms with Gasteiger partial charge in [0, 0.05) is 6.42 Å². The lowest BCUT2D eigenvalue weighted by Crippen LogP contribution is -2.45. The van der Waals surface area contributed by atoms with Gasteiger partial charge in [0.2, 0.25) is 0 Å². The van der Waals surface area contributed by atoms with E-state index in [0.29, 0.717) is 17.5 Å². The second-order valence-electron chi connectivity index (χ2n) is 9.38. The molecule has 0 saturated heterocycles. The van der Waals surface area contributed by atoms with Gasteiger partial charge < -0.3 is 13.9 Å². The van der Waals surface area contributed by atoms with Crippen molar-refractivity contribution in [2.45, 2.75) is 116 Å². The Morgan fingerprint density at radius 1 is 0.862 bits per heavy atom. The topological polar surface area (TPSA) is 46.5 Å². The van der Waals surface area contributed by atoms with Crippen molar-refractivity contribution in [3.8, 4) is 0 Å². The normalized spacial score (nSPS) is 15.7. The Kier molecular flexibility index (Phi) is 17.4. The maximum atomic E-state index is 12.6. The number of hydrogen-bond acceptors (Lipinski definition) is 2. The van der Waals surface area contributed by atoms with Crippen LogP contribution in [0.3, 0.4) is 0 Å². The summed E-state index contributed by atoms with van der Waals surface area (Å²) in [5, 5.41) is 0. The fourth-order valence-corrected chi connectivity index (χ4v) is 5.85. The van der Waals surface area contributed by atoms with Crippen LogP contribution in [0.4, 0.5) is 0 Å². The van der Waals surface area contributed by atoms with E-state index in [4.69, 9.17) is 4.52 Å². The van der Waals surface area contributed by atoms with Crippen LogP contribution in [0.2, 0.25) is 0 Å². The lowest BCUT2D eigenvalue weighted by atomic mass is 10.0. The predicted molar refractivity (Wildman–Crippen MR) is 127 cm³/mol. The highest BCUT2D eigenvalue weighted by Crippen LogP contribution is 2.51. The molecule has 0 aliphatic rings. The molecule has 0 heterocycles. The molecule has 2 unspecified atom stereocenters. The molecular formula is C24H51NO3P+. The first-order valence-electron chi connectivity index (χ1n) is 12.1. The minimum absolute atomic E-state index is 0.333. The highest BCUT2D eigenvalue weighted by molar-refractivity contribution is 7.53. The standard InChI is InChI=1S/C24H50NO3P/c1-6-8-9-10-11-12-13-14-15-16-17-18-19-20-21-23-28-29(26,27)24(22-7-2)25(3,4)5/h6,8,24H,7,9-23H2,1-5H3/p+1/b8-6-. The average molecular weight is 433 g/mol. The van der Waals surface area contributed by atoms with Crippen LogP contribution < -0.4 is 0 Å². The van der Waals surface area contributed by atoms with E-state index in [1.54, 1.807) is 0 Å². The molecule has 1 N–H and O–H groups in total. The number of hydrogen-bond donors (Lipinski definition) is 1. The van der Waals surface area contributed by atoms with Gasteiger partial charge in [-0.05, 0) is 32.6 Å². The highest BCUT2D eigenvalue weighted by atomic mass is 31.2. The molecule has 5 heteroatoms. The van der Waals surface area contributed by atoms with Crippen LogP contribution in [-0.4, -0.2) is 42.9 Å².